The standard InChI is InChI=1S/C14H15NO3/c1-4-18-14(17)13(16)12-9(2)15(3)11-8-6-5-7-10(11)12/h5-8H,4H2,1-3H3. The van der Waals surface area contributed by atoms with Gasteiger partial charge in [0.25, 0.3) is 5.78 Å². The average Bonchev–Trinajstić information content (AvgIpc) is 2.62. The van der Waals surface area contributed by atoms with Gasteiger partial charge < -0.3 is 9.30 Å². The van der Waals surface area contributed by atoms with Gasteiger partial charge in [-0.3, -0.25) is 4.79 Å². The number of carbonyl (C=O) groups is 2. The zero-order chi connectivity index (χ0) is 13.3. The highest BCUT2D eigenvalue weighted by Crippen LogP contribution is 2.25. The number of aromatic nitrogens is 1. The van der Waals surface area contributed by atoms with Crippen LogP contribution in [0.4, 0.5) is 0 Å². The molecule has 0 aliphatic heterocycles. The van der Waals surface area contributed by atoms with Crippen LogP contribution in [0.5, 0.6) is 0 Å². The van der Waals surface area contributed by atoms with Crippen LogP contribution in [0.1, 0.15) is 23.0 Å². The zero-order valence-electron chi connectivity index (χ0n) is 10.7. The third-order valence-electron chi connectivity index (χ3n) is 3.09. The second-order valence-corrected chi connectivity index (χ2v) is 4.09. The van der Waals surface area contributed by atoms with Crippen LogP contribution in [0.2, 0.25) is 0 Å². The van der Waals surface area contributed by atoms with Crippen LogP contribution in [-0.4, -0.2) is 22.9 Å². The first-order valence-electron chi connectivity index (χ1n) is 5.83. The number of esters is 1. The number of ketones is 1. The molecule has 18 heavy (non-hydrogen) atoms. The van der Waals surface area contributed by atoms with Gasteiger partial charge in [0.05, 0.1) is 12.2 Å². The number of hydrogen-bond acceptors (Lipinski definition) is 3. The number of Topliss-reactive ketones (excluding diaryl/α,β-unsaturated/α-hetero) is 1. The van der Waals surface area contributed by atoms with Gasteiger partial charge in [0, 0.05) is 23.6 Å². The van der Waals surface area contributed by atoms with Crippen LogP contribution < -0.4 is 0 Å². The Kier molecular flexibility index (Phi) is 3.19. The third kappa shape index (κ3) is 1.79. The lowest BCUT2D eigenvalue weighted by Gasteiger charge is -2.01. The van der Waals surface area contributed by atoms with Crippen LogP contribution in [0.3, 0.4) is 0 Å². The molecule has 0 amide bonds. The van der Waals surface area contributed by atoms with E-state index in [0.717, 1.165) is 16.6 Å². The monoisotopic (exact) mass is 245 g/mol. The summed E-state index contributed by atoms with van der Waals surface area (Å²) in [5, 5.41) is 0.788. The number of carbonyl (C=O) groups excluding carboxylic acids is 2. The smallest absolute Gasteiger partial charge is 0.379 e. The first kappa shape index (κ1) is 12.4. The van der Waals surface area contributed by atoms with Gasteiger partial charge in [-0.15, -0.1) is 0 Å². The molecule has 2 aromatic rings. The van der Waals surface area contributed by atoms with E-state index < -0.39 is 11.8 Å². The third-order valence-corrected chi connectivity index (χ3v) is 3.09. The van der Waals surface area contributed by atoms with E-state index in [-0.39, 0.29) is 6.61 Å². The summed E-state index contributed by atoms with van der Waals surface area (Å²) in [6, 6.07) is 7.52. The first-order chi connectivity index (χ1) is 8.57. The highest BCUT2D eigenvalue weighted by Gasteiger charge is 2.24. The molecule has 1 heterocycles. The van der Waals surface area contributed by atoms with Crippen molar-refractivity contribution in [3.05, 3.63) is 35.5 Å². The maximum absolute atomic E-state index is 12.1. The van der Waals surface area contributed by atoms with Crippen molar-refractivity contribution in [2.24, 2.45) is 7.05 Å². The van der Waals surface area contributed by atoms with E-state index in [0.29, 0.717) is 5.56 Å². The van der Waals surface area contributed by atoms with E-state index in [1.165, 1.54) is 0 Å². The fourth-order valence-corrected chi connectivity index (χ4v) is 2.11. The molecule has 1 aromatic heterocycles. The molecule has 0 bridgehead atoms. The minimum atomic E-state index is -0.794. The first-order valence-corrected chi connectivity index (χ1v) is 5.83. The van der Waals surface area contributed by atoms with E-state index >= 15 is 0 Å². The number of nitrogens with zero attached hydrogens (tertiary/aromatic N) is 1. The second kappa shape index (κ2) is 4.64. The Morgan fingerprint density at radius 3 is 2.61 bits per heavy atom. The Balaban J connectivity index is 2.61. The molecular weight excluding hydrogens is 230 g/mol. The van der Waals surface area contributed by atoms with E-state index in [2.05, 4.69) is 0 Å². The number of aryl methyl sites for hydroxylation is 1. The molecule has 0 spiro atoms. The maximum atomic E-state index is 12.1. The Labute approximate surface area is 105 Å². The van der Waals surface area contributed by atoms with E-state index in [1.807, 2.05) is 42.8 Å². The van der Waals surface area contributed by atoms with Crippen molar-refractivity contribution in [1.29, 1.82) is 0 Å². The molecule has 2 rings (SSSR count). The van der Waals surface area contributed by atoms with Crippen molar-refractivity contribution in [2.45, 2.75) is 13.8 Å². The van der Waals surface area contributed by atoms with Crippen molar-refractivity contribution in [3.63, 3.8) is 0 Å². The lowest BCUT2D eigenvalue weighted by molar-refractivity contribution is -0.137. The molecule has 0 fully saturated rings. The number of rotatable bonds is 3. The summed E-state index contributed by atoms with van der Waals surface area (Å²) >= 11 is 0. The summed E-state index contributed by atoms with van der Waals surface area (Å²) < 4.78 is 6.68. The number of hydrogen-bond donors (Lipinski definition) is 0. The topological polar surface area (TPSA) is 48.3 Å². The lowest BCUT2D eigenvalue weighted by atomic mass is 10.1. The molecule has 1 aromatic carbocycles. The number of para-hydroxylation sites is 1. The molecular formula is C14H15NO3. The summed E-state index contributed by atoms with van der Waals surface area (Å²) in [6.07, 6.45) is 0. The lowest BCUT2D eigenvalue weighted by Crippen LogP contribution is -2.18. The Bertz CT molecular complexity index is 625. The van der Waals surface area contributed by atoms with Crippen molar-refractivity contribution in [1.82, 2.24) is 4.57 Å². The minimum Gasteiger partial charge on any atom is -0.460 e. The van der Waals surface area contributed by atoms with Gasteiger partial charge in [-0.2, -0.15) is 0 Å². The summed E-state index contributed by atoms with van der Waals surface area (Å²) in [6.45, 7) is 3.71. The highest BCUT2D eigenvalue weighted by atomic mass is 16.5. The molecule has 4 nitrogen and oxygen atoms in total. The van der Waals surface area contributed by atoms with Gasteiger partial charge in [0.1, 0.15) is 0 Å². The van der Waals surface area contributed by atoms with Crippen molar-refractivity contribution < 1.29 is 14.3 Å². The summed E-state index contributed by atoms with van der Waals surface area (Å²) in [4.78, 5) is 23.7. The fraction of sp³-hybridized carbons (Fsp3) is 0.286. The van der Waals surface area contributed by atoms with Crippen LogP contribution in [-0.2, 0) is 16.6 Å². The van der Waals surface area contributed by atoms with Crippen molar-refractivity contribution in [3.8, 4) is 0 Å². The fourth-order valence-electron chi connectivity index (χ4n) is 2.11. The Morgan fingerprint density at radius 2 is 1.94 bits per heavy atom. The predicted octanol–water partition coefficient (Wildman–Crippen LogP) is 2.23. The Morgan fingerprint density at radius 1 is 1.28 bits per heavy atom. The minimum absolute atomic E-state index is 0.203. The van der Waals surface area contributed by atoms with E-state index in [9.17, 15) is 9.59 Å². The van der Waals surface area contributed by atoms with Crippen LogP contribution in [0, 0.1) is 6.92 Å². The quantitative estimate of drug-likeness (QED) is 0.473. The summed E-state index contributed by atoms with van der Waals surface area (Å²) in [7, 11) is 1.87. The van der Waals surface area contributed by atoms with Gasteiger partial charge >= 0.3 is 5.97 Å². The van der Waals surface area contributed by atoms with Crippen molar-refractivity contribution >= 4 is 22.7 Å². The largest absolute Gasteiger partial charge is 0.460 e. The molecule has 0 N–H and O–H groups in total. The molecule has 0 radical (unpaired) electrons. The summed E-state index contributed by atoms with van der Waals surface area (Å²) in [5.74, 6) is -1.37. The molecule has 0 unspecified atom stereocenters. The van der Waals surface area contributed by atoms with Crippen LogP contribution in [0.25, 0.3) is 10.9 Å². The SMILES string of the molecule is CCOC(=O)C(=O)c1c(C)n(C)c2ccccc12. The molecule has 94 valence electrons. The zero-order valence-corrected chi connectivity index (χ0v) is 10.7. The number of benzene rings is 1. The molecule has 0 saturated carbocycles. The van der Waals surface area contributed by atoms with E-state index in [1.54, 1.807) is 6.92 Å². The maximum Gasteiger partial charge on any atom is 0.379 e. The molecule has 0 saturated heterocycles. The van der Waals surface area contributed by atoms with Crippen LogP contribution >= 0.6 is 0 Å². The Hall–Kier alpha value is -2.10. The normalized spacial score (nSPS) is 10.6. The van der Waals surface area contributed by atoms with Crippen LogP contribution in [0.15, 0.2) is 24.3 Å². The van der Waals surface area contributed by atoms with E-state index in [4.69, 9.17) is 4.74 Å². The molecule has 0 atom stereocenters. The summed E-state index contributed by atoms with van der Waals surface area (Å²) in [5.41, 5.74) is 2.14. The predicted molar refractivity (Wildman–Crippen MR) is 68.6 cm³/mol. The number of ether oxygens (including phenoxy) is 1. The highest BCUT2D eigenvalue weighted by molar-refractivity contribution is 6.43. The number of fused-ring (bicyclic) bond motifs is 1. The van der Waals surface area contributed by atoms with Gasteiger partial charge in [-0.1, -0.05) is 18.2 Å². The average molecular weight is 245 g/mol. The molecule has 4 heteroatoms. The van der Waals surface area contributed by atoms with Gasteiger partial charge in [0.15, 0.2) is 0 Å². The van der Waals surface area contributed by atoms with Gasteiger partial charge in [-0.25, -0.2) is 4.79 Å². The van der Waals surface area contributed by atoms with Gasteiger partial charge in [-0.05, 0) is 19.9 Å². The molecule has 0 aliphatic carbocycles. The second-order valence-electron chi connectivity index (χ2n) is 4.09. The van der Waals surface area contributed by atoms with Crippen molar-refractivity contribution in [2.75, 3.05) is 6.61 Å². The van der Waals surface area contributed by atoms with Gasteiger partial charge in [0.2, 0.25) is 0 Å². The molecule has 0 aliphatic rings.